The Bertz CT molecular complexity index is 1110. The molecule has 5 rings (SSSR count). The fraction of sp³-hybridized carbons (Fsp3) is 0.421. The van der Waals surface area contributed by atoms with Crippen molar-refractivity contribution < 1.29 is 7.54 Å². The third kappa shape index (κ3) is 2.37. The van der Waals surface area contributed by atoms with E-state index in [0.717, 1.165) is 19.3 Å². The van der Waals surface area contributed by atoms with E-state index in [0.29, 0.717) is 29.7 Å². The van der Waals surface area contributed by atoms with Gasteiger partial charge >= 0.3 is 0 Å². The van der Waals surface area contributed by atoms with Gasteiger partial charge in [0.2, 0.25) is 0 Å². The number of nitrogens with one attached hydrogen (secondary N) is 2. The summed E-state index contributed by atoms with van der Waals surface area (Å²) in [6.45, 7) is 1.71. The van der Waals surface area contributed by atoms with Crippen LogP contribution in [0, 0.1) is 6.92 Å². The predicted molar refractivity (Wildman–Crippen MR) is 106 cm³/mol. The monoisotopic (exact) mass is 389 g/mol. The first-order chi connectivity index (χ1) is 13.3. The highest BCUT2D eigenvalue weighted by atomic mass is 35.5. The molecule has 2 aromatic rings. The lowest BCUT2D eigenvalue weighted by Crippen LogP contribution is -2.49. The molecule has 8 heteroatoms. The zero-order valence-electron chi connectivity index (χ0n) is 16.9. The minimum atomic E-state index is -1.97. The molecule has 3 aliphatic rings. The van der Waals surface area contributed by atoms with E-state index in [1.54, 1.807) is 11.5 Å². The number of anilines is 3. The van der Waals surface area contributed by atoms with Crippen molar-refractivity contribution in [3.8, 4) is 0 Å². The third-order valence-electron chi connectivity index (χ3n) is 5.74. The Balaban J connectivity index is 0.00000205. The first-order valence-electron chi connectivity index (χ1n) is 9.92. The number of nitrogens with zero attached hydrogens (tertiary/aromatic N) is 2. The van der Waals surface area contributed by atoms with Crippen LogP contribution in [-0.2, 0) is 12.0 Å². The number of carbonyl (C=O) groups excluding carboxylic acids is 1. The molecule has 2 aliphatic heterocycles. The lowest BCUT2D eigenvalue weighted by molar-refractivity contribution is 0.0876. The average Bonchev–Trinajstić information content (AvgIpc) is 2.91. The average molecular weight is 390 g/mol. The number of nitrogens with two attached hydrogens (primary N) is 1. The molecule has 4 N–H and O–H groups in total. The van der Waals surface area contributed by atoms with E-state index in [9.17, 15) is 9.59 Å². The van der Waals surface area contributed by atoms with E-state index in [4.69, 9.17) is 8.48 Å². The topological polar surface area (TPSA) is 102 Å². The van der Waals surface area contributed by atoms with Crippen LogP contribution in [0.2, 0.25) is 0 Å². The fourth-order valence-electron chi connectivity index (χ4n) is 4.50. The number of nitrogen functional groups attached to an aromatic ring is 1. The normalized spacial score (nSPS) is 21.6. The van der Waals surface area contributed by atoms with Crippen LogP contribution < -0.4 is 21.9 Å². The van der Waals surface area contributed by atoms with Crippen LogP contribution in [0.3, 0.4) is 0 Å². The molecular weight excluding hydrogens is 366 g/mol. The zero-order chi connectivity index (χ0) is 19.8. The number of fused-ring (bicyclic) bond motifs is 4. The van der Waals surface area contributed by atoms with E-state index < -0.39 is 12.0 Å². The molecule has 1 aliphatic carbocycles. The highest BCUT2D eigenvalue weighted by Crippen LogP contribution is 2.40. The summed E-state index contributed by atoms with van der Waals surface area (Å²) in [6.07, 6.45) is 3.75. The van der Waals surface area contributed by atoms with Gasteiger partial charge in [-0.05, 0) is 49.3 Å². The molecule has 0 bridgehead atoms. The van der Waals surface area contributed by atoms with E-state index in [-0.39, 0.29) is 46.6 Å². The van der Waals surface area contributed by atoms with Gasteiger partial charge in [0.1, 0.15) is 22.9 Å². The van der Waals surface area contributed by atoms with Crippen LogP contribution in [-0.4, -0.2) is 15.5 Å². The highest BCUT2D eigenvalue weighted by Gasteiger charge is 2.46. The van der Waals surface area contributed by atoms with Crippen molar-refractivity contribution in [3.63, 3.8) is 0 Å². The van der Waals surface area contributed by atoms with Crippen LogP contribution in [0.1, 0.15) is 62.0 Å². The van der Waals surface area contributed by atoms with Crippen molar-refractivity contribution in [3.05, 3.63) is 45.0 Å². The van der Waals surface area contributed by atoms with Gasteiger partial charge in [0.15, 0.2) is 0 Å². The minimum absolute atomic E-state index is 0. The van der Waals surface area contributed by atoms with E-state index in [1.807, 2.05) is 0 Å². The lowest BCUT2D eigenvalue weighted by atomic mass is 9.88. The largest absolute Gasteiger partial charge is 0.384 e. The second-order valence-electron chi connectivity index (χ2n) is 7.32. The number of rotatable bonds is 0. The Hall–Kier alpha value is -2.54. The van der Waals surface area contributed by atoms with Crippen molar-refractivity contribution in [1.82, 2.24) is 14.9 Å². The zero-order valence-corrected chi connectivity index (χ0v) is 15.7. The maximum atomic E-state index is 13.6. The number of amides is 1. The molecule has 0 saturated heterocycles. The third-order valence-corrected chi connectivity index (χ3v) is 5.74. The van der Waals surface area contributed by atoms with Crippen LogP contribution in [0.25, 0.3) is 0 Å². The summed E-state index contributed by atoms with van der Waals surface area (Å²) in [6, 6.07) is 1.53. The van der Waals surface area contributed by atoms with Gasteiger partial charge in [-0.2, -0.15) is 0 Å². The summed E-state index contributed by atoms with van der Waals surface area (Å²) in [7, 11) is 0. The maximum Gasteiger partial charge on any atom is 0.277 e. The highest BCUT2D eigenvalue weighted by molar-refractivity contribution is 5.98. The van der Waals surface area contributed by atoms with Gasteiger partial charge < -0.3 is 16.4 Å². The summed E-state index contributed by atoms with van der Waals surface area (Å²) in [5.74, 6) is -0.0691. The molecular formula is C19H22ClN5O2. The molecule has 0 atom stereocenters. The fourth-order valence-corrected chi connectivity index (χ4v) is 4.50. The first kappa shape index (κ1) is 15.5. The molecule has 1 amide bonds. The van der Waals surface area contributed by atoms with Crippen LogP contribution >= 0.6 is 12.4 Å². The number of halogens is 1. The molecule has 0 aromatic carbocycles. The van der Waals surface area contributed by atoms with Crippen LogP contribution in [0.15, 0.2) is 17.1 Å². The number of carbonyl (C=O) groups is 1. The maximum absolute atomic E-state index is 13.6. The molecule has 1 saturated carbocycles. The molecule has 0 unspecified atom stereocenters. The second kappa shape index (κ2) is 5.99. The standard InChI is InChI=1S/C19H21N5O2.ClH/c1-10-12-7-11-9-21-14(20)8-13(11)22-15(12)18(26)24-16(10)17(25)23-19(24)5-3-2-4-6-19;/h8-9,22H,2-7H2,1H3,(H2,20,21)(H,23,25);1H/i7D2;. The molecule has 2 aromatic heterocycles. The van der Waals surface area contributed by atoms with E-state index >= 15 is 0 Å². The van der Waals surface area contributed by atoms with Gasteiger partial charge in [0, 0.05) is 27.1 Å². The molecule has 4 heterocycles. The molecule has 1 fully saturated rings. The Morgan fingerprint density at radius 3 is 2.78 bits per heavy atom. The van der Waals surface area contributed by atoms with Crippen molar-refractivity contribution in [2.24, 2.45) is 0 Å². The summed E-state index contributed by atoms with van der Waals surface area (Å²) in [5, 5.41) is 6.12. The summed E-state index contributed by atoms with van der Waals surface area (Å²) in [4.78, 5) is 30.4. The van der Waals surface area contributed by atoms with Gasteiger partial charge in [-0.25, -0.2) is 4.98 Å². The number of aromatic nitrogens is 2. The summed E-state index contributed by atoms with van der Waals surface area (Å²) in [5.41, 5.74) is 6.52. The number of pyridine rings is 2. The van der Waals surface area contributed by atoms with Crippen molar-refractivity contribution in [1.29, 1.82) is 0 Å². The molecule has 7 nitrogen and oxygen atoms in total. The summed E-state index contributed by atoms with van der Waals surface area (Å²) < 4.78 is 19.0. The van der Waals surface area contributed by atoms with Crippen LogP contribution in [0.5, 0.6) is 0 Å². The van der Waals surface area contributed by atoms with Gasteiger partial charge in [-0.1, -0.05) is 6.42 Å². The Labute approximate surface area is 165 Å². The van der Waals surface area contributed by atoms with Gasteiger partial charge in [0.25, 0.3) is 11.5 Å². The quantitative estimate of drug-likeness (QED) is 0.642. The minimum Gasteiger partial charge on any atom is -0.384 e. The Morgan fingerprint density at radius 1 is 1.30 bits per heavy atom. The Kier molecular flexibility index (Phi) is 3.44. The second-order valence-corrected chi connectivity index (χ2v) is 7.32. The number of hydrogen-bond acceptors (Lipinski definition) is 5. The van der Waals surface area contributed by atoms with Crippen molar-refractivity contribution >= 4 is 35.5 Å². The SMILES string of the molecule is Cl.[2H]C1([2H])c2cnc(N)cc2Nc2c1c(C)c1n(c2=O)C2(CCCCC2)NC1=O. The lowest BCUT2D eigenvalue weighted by Gasteiger charge is -2.36. The molecule has 0 radical (unpaired) electrons. The number of hydrogen-bond donors (Lipinski definition) is 3. The van der Waals surface area contributed by atoms with E-state index in [1.165, 1.54) is 12.3 Å². The summed E-state index contributed by atoms with van der Waals surface area (Å²) >= 11 is 0. The molecule has 142 valence electrons. The smallest absolute Gasteiger partial charge is 0.277 e. The molecule has 27 heavy (non-hydrogen) atoms. The predicted octanol–water partition coefficient (Wildman–Crippen LogP) is 2.56. The molecule has 1 spiro atoms. The van der Waals surface area contributed by atoms with Crippen molar-refractivity contribution in [2.75, 3.05) is 11.1 Å². The van der Waals surface area contributed by atoms with Gasteiger partial charge in [-0.3, -0.25) is 14.2 Å². The van der Waals surface area contributed by atoms with Gasteiger partial charge in [-0.15, -0.1) is 12.4 Å². The Morgan fingerprint density at radius 2 is 2.04 bits per heavy atom. The van der Waals surface area contributed by atoms with E-state index in [2.05, 4.69) is 15.6 Å². The first-order valence-corrected chi connectivity index (χ1v) is 8.92. The van der Waals surface area contributed by atoms with Gasteiger partial charge in [0.05, 0.1) is 0 Å². The van der Waals surface area contributed by atoms with Crippen LogP contribution in [0.4, 0.5) is 17.2 Å². The van der Waals surface area contributed by atoms with Crippen molar-refractivity contribution in [2.45, 2.75) is 51.1 Å².